The number of hydrogen-bond acceptors (Lipinski definition) is 3. The monoisotopic (exact) mass is 252 g/mol. The summed E-state index contributed by atoms with van der Waals surface area (Å²) in [4.78, 5) is 12.8. The van der Waals surface area contributed by atoms with Gasteiger partial charge in [-0.25, -0.2) is 0 Å². The molecule has 3 nitrogen and oxygen atoms in total. The first kappa shape index (κ1) is 12.6. The van der Waals surface area contributed by atoms with Crippen molar-refractivity contribution in [3.63, 3.8) is 0 Å². The third kappa shape index (κ3) is 3.07. The molecule has 17 heavy (non-hydrogen) atoms. The first-order chi connectivity index (χ1) is 8.09. The fourth-order valence-electron chi connectivity index (χ4n) is 2.14. The molecule has 1 amide bonds. The molecular weight excluding hydrogens is 232 g/mol. The maximum atomic E-state index is 11.5. The van der Waals surface area contributed by atoms with Crippen LogP contribution >= 0.6 is 11.3 Å². The van der Waals surface area contributed by atoms with Crippen LogP contribution in [0.25, 0.3) is 0 Å². The van der Waals surface area contributed by atoms with Crippen molar-refractivity contribution >= 4 is 17.2 Å². The summed E-state index contributed by atoms with van der Waals surface area (Å²) in [6, 6.07) is 4.27. The van der Waals surface area contributed by atoms with E-state index < -0.39 is 0 Å². The zero-order valence-corrected chi connectivity index (χ0v) is 11.2. The topological polar surface area (TPSA) is 55.1 Å². The van der Waals surface area contributed by atoms with Crippen molar-refractivity contribution in [1.82, 2.24) is 5.32 Å². The molecule has 1 aromatic heterocycles. The number of hydrogen-bond donors (Lipinski definition) is 2. The molecule has 1 fully saturated rings. The van der Waals surface area contributed by atoms with E-state index in [1.807, 2.05) is 13.8 Å². The van der Waals surface area contributed by atoms with Crippen LogP contribution in [0, 0.1) is 11.8 Å². The van der Waals surface area contributed by atoms with Crippen molar-refractivity contribution in [2.24, 2.45) is 17.6 Å². The van der Waals surface area contributed by atoms with Crippen LogP contribution in [-0.4, -0.2) is 11.9 Å². The first-order valence-corrected chi connectivity index (χ1v) is 7.06. The molecule has 1 aromatic rings. The Hall–Kier alpha value is -0.870. The zero-order chi connectivity index (χ0) is 12.4. The van der Waals surface area contributed by atoms with Crippen LogP contribution in [0.2, 0.25) is 0 Å². The predicted molar refractivity (Wildman–Crippen MR) is 70.7 cm³/mol. The molecule has 0 saturated heterocycles. The van der Waals surface area contributed by atoms with E-state index in [9.17, 15) is 4.79 Å². The number of nitrogens with two attached hydrogens (primary N) is 1. The molecule has 0 aliphatic heterocycles. The number of carbonyl (C=O) groups excluding carboxylic acids is 1. The van der Waals surface area contributed by atoms with E-state index in [0.717, 1.165) is 0 Å². The Morgan fingerprint density at radius 2 is 2.24 bits per heavy atom. The smallest absolute Gasteiger partial charge is 0.234 e. The zero-order valence-electron chi connectivity index (χ0n) is 10.3. The van der Waals surface area contributed by atoms with Crippen molar-refractivity contribution in [2.45, 2.75) is 38.8 Å². The summed E-state index contributed by atoms with van der Waals surface area (Å²) in [7, 11) is 0. The summed E-state index contributed by atoms with van der Waals surface area (Å²) in [6.45, 7) is 4.06. The second kappa shape index (κ2) is 5.19. The standard InChI is InChI=1S/C13H20N2OS/c1-8(2)11(13(14)16)15-12(9-5-6-9)10-4-3-7-17-10/h3-4,7-9,11-12,15H,5-6H2,1-2H3,(H2,14,16). The van der Waals surface area contributed by atoms with Gasteiger partial charge in [-0.2, -0.15) is 0 Å². The second-order valence-electron chi connectivity index (χ2n) is 5.12. The third-order valence-electron chi connectivity index (χ3n) is 3.28. The summed E-state index contributed by atoms with van der Waals surface area (Å²) < 4.78 is 0. The van der Waals surface area contributed by atoms with Crippen LogP contribution < -0.4 is 11.1 Å². The van der Waals surface area contributed by atoms with Gasteiger partial charge in [0.25, 0.3) is 0 Å². The summed E-state index contributed by atoms with van der Waals surface area (Å²) in [5, 5.41) is 5.54. The second-order valence-corrected chi connectivity index (χ2v) is 6.10. The van der Waals surface area contributed by atoms with Crippen LogP contribution in [0.4, 0.5) is 0 Å². The molecule has 1 aliphatic rings. The number of nitrogens with one attached hydrogen (secondary N) is 1. The SMILES string of the molecule is CC(C)C(NC(c1cccs1)C1CC1)C(N)=O. The minimum atomic E-state index is -0.248. The van der Waals surface area contributed by atoms with Gasteiger partial charge in [0.15, 0.2) is 0 Å². The third-order valence-corrected chi connectivity index (χ3v) is 4.23. The molecule has 0 radical (unpaired) electrons. The lowest BCUT2D eigenvalue weighted by Crippen LogP contribution is -2.46. The van der Waals surface area contributed by atoms with Gasteiger partial charge in [0.05, 0.1) is 6.04 Å². The highest BCUT2D eigenvalue weighted by Crippen LogP contribution is 2.42. The van der Waals surface area contributed by atoms with Crippen LogP contribution in [0.3, 0.4) is 0 Å². The van der Waals surface area contributed by atoms with Crippen molar-refractivity contribution in [1.29, 1.82) is 0 Å². The van der Waals surface area contributed by atoms with E-state index >= 15 is 0 Å². The van der Waals surface area contributed by atoms with Gasteiger partial charge in [0.1, 0.15) is 0 Å². The molecule has 1 saturated carbocycles. The predicted octanol–water partition coefficient (Wildman–Crippen LogP) is 2.30. The Balaban J connectivity index is 2.09. The number of primary amides is 1. The summed E-state index contributed by atoms with van der Waals surface area (Å²) in [6.07, 6.45) is 2.50. The van der Waals surface area contributed by atoms with Crippen LogP contribution in [0.1, 0.15) is 37.6 Å². The molecule has 2 atom stereocenters. The fourth-order valence-corrected chi connectivity index (χ4v) is 3.02. The maximum absolute atomic E-state index is 11.5. The van der Waals surface area contributed by atoms with E-state index in [4.69, 9.17) is 5.73 Å². The Kier molecular flexibility index (Phi) is 3.84. The minimum absolute atomic E-state index is 0.230. The average molecular weight is 252 g/mol. The van der Waals surface area contributed by atoms with Crippen molar-refractivity contribution in [2.75, 3.05) is 0 Å². The molecule has 0 bridgehead atoms. The van der Waals surface area contributed by atoms with Gasteiger partial charge in [-0.1, -0.05) is 19.9 Å². The lowest BCUT2D eigenvalue weighted by Gasteiger charge is -2.25. The number of rotatable bonds is 6. The lowest BCUT2D eigenvalue weighted by atomic mass is 10.0. The Labute approximate surface area is 106 Å². The highest BCUT2D eigenvalue weighted by molar-refractivity contribution is 7.10. The molecule has 0 aromatic carbocycles. The summed E-state index contributed by atoms with van der Waals surface area (Å²) in [5.41, 5.74) is 5.46. The molecule has 2 rings (SSSR count). The van der Waals surface area contributed by atoms with E-state index in [1.165, 1.54) is 17.7 Å². The highest BCUT2D eigenvalue weighted by Gasteiger charge is 2.35. The Morgan fingerprint density at radius 1 is 1.53 bits per heavy atom. The van der Waals surface area contributed by atoms with Gasteiger partial charge in [-0.05, 0) is 36.1 Å². The first-order valence-electron chi connectivity index (χ1n) is 6.18. The average Bonchev–Trinajstić information content (AvgIpc) is 2.93. The molecule has 1 heterocycles. The van der Waals surface area contributed by atoms with E-state index in [1.54, 1.807) is 11.3 Å². The summed E-state index contributed by atoms with van der Waals surface area (Å²) in [5.74, 6) is 0.658. The largest absolute Gasteiger partial charge is 0.368 e. The molecule has 2 unspecified atom stereocenters. The van der Waals surface area contributed by atoms with Gasteiger partial charge in [0, 0.05) is 10.9 Å². The fraction of sp³-hybridized carbons (Fsp3) is 0.615. The summed E-state index contributed by atoms with van der Waals surface area (Å²) >= 11 is 1.75. The molecule has 1 aliphatic carbocycles. The Bertz CT molecular complexity index is 371. The van der Waals surface area contributed by atoms with Crippen LogP contribution in [0.15, 0.2) is 17.5 Å². The van der Waals surface area contributed by atoms with E-state index in [-0.39, 0.29) is 17.9 Å². The maximum Gasteiger partial charge on any atom is 0.234 e. The molecule has 94 valence electrons. The number of amides is 1. The van der Waals surface area contributed by atoms with Crippen LogP contribution in [0.5, 0.6) is 0 Å². The molecular formula is C13H20N2OS. The Morgan fingerprint density at radius 3 is 2.65 bits per heavy atom. The van der Waals surface area contributed by atoms with E-state index in [0.29, 0.717) is 12.0 Å². The number of thiophene rings is 1. The van der Waals surface area contributed by atoms with Gasteiger partial charge < -0.3 is 5.73 Å². The van der Waals surface area contributed by atoms with Gasteiger partial charge >= 0.3 is 0 Å². The molecule has 4 heteroatoms. The van der Waals surface area contributed by atoms with Crippen molar-refractivity contribution < 1.29 is 4.79 Å². The van der Waals surface area contributed by atoms with Crippen molar-refractivity contribution in [3.8, 4) is 0 Å². The quantitative estimate of drug-likeness (QED) is 0.816. The van der Waals surface area contributed by atoms with Gasteiger partial charge in [-0.3, -0.25) is 10.1 Å². The lowest BCUT2D eigenvalue weighted by molar-refractivity contribution is -0.121. The molecule has 3 N–H and O–H groups in total. The van der Waals surface area contributed by atoms with E-state index in [2.05, 4.69) is 22.8 Å². The van der Waals surface area contributed by atoms with Crippen LogP contribution in [-0.2, 0) is 4.79 Å². The molecule has 0 spiro atoms. The minimum Gasteiger partial charge on any atom is -0.368 e. The van der Waals surface area contributed by atoms with Gasteiger partial charge in [-0.15, -0.1) is 11.3 Å². The van der Waals surface area contributed by atoms with Gasteiger partial charge in [0.2, 0.25) is 5.91 Å². The highest BCUT2D eigenvalue weighted by atomic mass is 32.1. The number of carbonyl (C=O) groups is 1. The van der Waals surface area contributed by atoms with Crippen molar-refractivity contribution in [3.05, 3.63) is 22.4 Å². The normalized spacial score (nSPS) is 19.2.